The van der Waals surface area contributed by atoms with E-state index in [1.54, 1.807) is 48.5 Å². The molecule has 1 N–H and O–H groups in total. The molecule has 2 rings (SSSR count). The Labute approximate surface area is 161 Å². The van der Waals surface area contributed by atoms with Crippen molar-refractivity contribution in [2.45, 2.75) is 0 Å². The maximum atomic E-state index is 12.0. The molecular weight excluding hydrogens is 372 g/mol. The molecule has 142 valence electrons. The third-order valence-corrected chi connectivity index (χ3v) is 3.74. The minimum absolute atomic E-state index is 0.206. The Kier molecular flexibility index (Phi) is 7.63. The third kappa shape index (κ3) is 6.99. The molecule has 0 radical (unpaired) electrons. The second kappa shape index (κ2) is 10.2. The van der Waals surface area contributed by atoms with Crippen LogP contribution in [0.3, 0.4) is 0 Å². The minimum atomic E-state index is -0.680. The number of carbonyl (C=O) groups excluding carboxylic acids is 3. The zero-order valence-corrected chi connectivity index (χ0v) is 15.4. The molecule has 0 aliphatic carbocycles. The number of esters is 1. The van der Waals surface area contributed by atoms with Gasteiger partial charge in [0.05, 0.1) is 17.3 Å². The molecular formula is C19H19ClN2O5. The van der Waals surface area contributed by atoms with Gasteiger partial charge in [0.1, 0.15) is 5.75 Å². The maximum absolute atomic E-state index is 12.0. The van der Waals surface area contributed by atoms with Crippen molar-refractivity contribution in [3.8, 4) is 5.75 Å². The van der Waals surface area contributed by atoms with Crippen LogP contribution in [-0.2, 0) is 19.1 Å². The summed E-state index contributed by atoms with van der Waals surface area (Å²) in [6.45, 7) is -0.997. The molecule has 27 heavy (non-hydrogen) atoms. The second-order valence-electron chi connectivity index (χ2n) is 5.54. The summed E-state index contributed by atoms with van der Waals surface area (Å²) in [5.41, 5.74) is 0.453. The number of hydrogen-bond donors (Lipinski definition) is 1. The molecule has 0 aliphatic heterocycles. The summed E-state index contributed by atoms with van der Waals surface area (Å²) in [7, 11) is 1.43. The van der Waals surface area contributed by atoms with Crippen LogP contribution in [0, 0.1) is 0 Å². The monoisotopic (exact) mass is 390 g/mol. The molecule has 7 nitrogen and oxygen atoms in total. The van der Waals surface area contributed by atoms with Crippen LogP contribution in [0.2, 0.25) is 5.02 Å². The Morgan fingerprint density at radius 3 is 2.37 bits per heavy atom. The van der Waals surface area contributed by atoms with E-state index in [9.17, 15) is 14.4 Å². The van der Waals surface area contributed by atoms with Crippen molar-refractivity contribution in [2.24, 2.45) is 0 Å². The summed E-state index contributed by atoms with van der Waals surface area (Å²) in [4.78, 5) is 36.7. The van der Waals surface area contributed by atoms with Crippen molar-refractivity contribution >= 4 is 35.1 Å². The molecule has 0 saturated heterocycles. The average molecular weight is 391 g/mol. The first kappa shape index (κ1) is 20.3. The standard InChI is InChI=1S/C19H19ClN2O5/c1-22(11-17(23)21-16-10-6-5-9-15(16)20)18(24)12-27-19(25)13-26-14-7-3-2-4-8-14/h2-10H,11-13H2,1H3,(H,21,23). The van der Waals surface area contributed by atoms with Gasteiger partial charge < -0.3 is 19.7 Å². The number of anilines is 1. The van der Waals surface area contributed by atoms with Gasteiger partial charge in [-0.15, -0.1) is 0 Å². The van der Waals surface area contributed by atoms with E-state index in [0.717, 1.165) is 4.90 Å². The summed E-state index contributed by atoms with van der Waals surface area (Å²) < 4.78 is 10.1. The molecule has 0 aliphatic rings. The Hall–Kier alpha value is -3.06. The van der Waals surface area contributed by atoms with Crippen LogP contribution >= 0.6 is 11.6 Å². The van der Waals surface area contributed by atoms with Gasteiger partial charge in [0, 0.05) is 7.05 Å². The van der Waals surface area contributed by atoms with Crippen molar-refractivity contribution < 1.29 is 23.9 Å². The van der Waals surface area contributed by atoms with Gasteiger partial charge in [0.15, 0.2) is 13.2 Å². The molecule has 2 aromatic rings. The lowest BCUT2D eigenvalue weighted by atomic mass is 10.3. The highest BCUT2D eigenvalue weighted by Gasteiger charge is 2.16. The van der Waals surface area contributed by atoms with Crippen molar-refractivity contribution in [3.05, 3.63) is 59.6 Å². The molecule has 0 unspecified atom stereocenters. The zero-order valence-electron chi connectivity index (χ0n) is 14.7. The number of likely N-dealkylation sites (N-methyl/N-ethyl adjacent to an activating group) is 1. The molecule has 0 saturated carbocycles. The van der Waals surface area contributed by atoms with Gasteiger partial charge >= 0.3 is 5.97 Å². The maximum Gasteiger partial charge on any atom is 0.344 e. The van der Waals surface area contributed by atoms with Crippen molar-refractivity contribution in [1.82, 2.24) is 4.90 Å². The highest BCUT2D eigenvalue weighted by atomic mass is 35.5. The van der Waals surface area contributed by atoms with Gasteiger partial charge in [-0.1, -0.05) is 41.9 Å². The number of para-hydroxylation sites is 2. The number of rotatable bonds is 8. The summed E-state index contributed by atoms with van der Waals surface area (Å²) in [5.74, 6) is -1.09. The Morgan fingerprint density at radius 2 is 1.67 bits per heavy atom. The summed E-state index contributed by atoms with van der Waals surface area (Å²) >= 11 is 5.96. The lowest BCUT2D eigenvalue weighted by Gasteiger charge is -2.17. The quantitative estimate of drug-likeness (QED) is 0.699. The summed E-state index contributed by atoms with van der Waals surface area (Å²) in [6.07, 6.45) is 0. The summed E-state index contributed by atoms with van der Waals surface area (Å²) in [6, 6.07) is 15.5. The van der Waals surface area contributed by atoms with Gasteiger partial charge in [0.25, 0.3) is 5.91 Å². The fourth-order valence-electron chi connectivity index (χ4n) is 2.01. The van der Waals surface area contributed by atoms with Gasteiger partial charge in [-0.3, -0.25) is 9.59 Å². The predicted molar refractivity (Wildman–Crippen MR) is 101 cm³/mol. The van der Waals surface area contributed by atoms with Crippen LogP contribution in [0.4, 0.5) is 5.69 Å². The van der Waals surface area contributed by atoms with E-state index in [4.69, 9.17) is 21.1 Å². The number of amides is 2. The number of nitrogens with zero attached hydrogens (tertiary/aromatic N) is 1. The number of halogens is 1. The smallest absolute Gasteiger partial charge is 0.344 e. The predicted octanol–water partition coefficient (Wildman–Crippen LogP) is 2.36. The van der Waals surface area contributed by atoms with Crippen LogP contribution in [0.15, 0.2) is 54.6 Å². The molecule has 2 amide bonds. The highest BCUT2D eigenvalue weighted by molar-refractivity contribution is 6.33. The summed E-state index contributed by atoms with van der Waals surface area (Å²) in [5, 5.41) is 3.00. The normalized spacial score (nSPS) is 10.0. The number of nitrogens with one attached hydrogen (secondary N) is 1. The SMILES string of the molecule is CN(CC(=O)Nc1ccccc1Cl)C(=O)COC(=O)COc1ccccc1. The largest absolute Gasteiger partial charge is 0.482 e. The van der Waals surface area contributed by atoms with Crippen LogP contribution in [0.25, 0.3) is 0 Å². The molecule has 0 fully saturated rings. The van der Waals surface area contributed by atoms with Gasteiger partial charge in [0.2, 0.25) is 5.91 Å². The molecule has 0 spiro atoms. The second-order valence-corrected chi connectivity index (χ2v) is 5.95. The number of hydrogen-bond acceptors (Lipinski definition) is 5. The topological polar surface area (TPSA) is 84.9 Å². The van der Waals surface area contributed by atoms with Gasteiger partial charge in [-0.25, -0.2) is 4.79 Å². The first-order chi connectivity index (χ1) is 13.0. The lowest BCUT2D eigenvalue weighted by molar-refractivity contribution is -0.153. The molecule has 8 heteroatoms. The molecule has 0 bridgehead atoms. The van der Waals surface area contributed by atoms with Crippen LogP contribution in [-0.4, -0.2) is 49.5 Å². The van der Waals surface area contributed by atoms with Crippen LogP contribution < -0.4 is 10.1 Å². The zero-order chi connectivity index (χ0) is 19.6. The fraction of sp³-hybridized carbons (Fsp3) is 0.211. The van der Waals surface area contributed by atoms with Crippen molar-refractivity contribution in [3.63, 3.8) is 0 Å². The highest BCUT2D eigenvalue weighted by Crippen LogP contribution is 2.20. The Bertz CT molecular complexity index is 798. The van der Waals surface area contributed by atoms with Gasteiger partial charge in [-0.05, 0) is 24.3 Å². The molecule has 0 heterocycles. The van der Waals surface area contributed by atoms with E-state index in [1.807, 2.05) is 6.07 Å². The fourth-order valence-corrected chi connectivity index (χ4v) is 2.19. The lowest BCUT2D eigenvalue weighted by Crippen LogP contribution is -2.37. The number of benzene rings is 2. The Morgan fingerprint density at radius 1 is 1.00 bits per heavy atom. The van der Waals surface area contributed by atoms with Crippen LogP contribution in [0.1, 0.15) is 0 Å². The van der Waals surface area contributed by atoms with E-state index >= 15 is 0 Å². The van der Waals surface area contributed by atoms with E-state index in [1.165, 1.54) is 7.05 Å². The number of carbonyl (C=O) groups is 3. The minimum Gasteiger partial charge on any atom is -0.482 e. The van der Waals surface area contributed by atoms with E-state index < -0.39 is 24.4 Å². The average Bonchev–Trinajstić information content (AvgIpc) is 2.67. The molecule has 2 aromatic carbocycles. The Balaban J connectivity index is 1.70. The molecule has 0 atom stereocenters. The number of ether oxygens (including phenoxy) is 2. The van der Waals surface area contributed by atoms with Crippen molar-refractivity contribution in [1.29, 1.82) is 0 Å². The molecule has 0 aromatic heterocycles. The first-order valence-corrected chi connectivity index (χ1v) is 8.45. The van der Waals surface area contributed by atoms with Crippen molar-refractivity contribution in [2.75, 3.05) is 32.1 Å². The van der Waals surface area contributed by atoms with E-state index in [-0.39, 0.29) is 13.2 Å². The first-order valence-electron chi connectivity index (χ1n) is 8.07. The van der Waals surface area contributed by atoms with E-state index in [2.05, 4.69) is 5.32 Å². The van der Waals surface area contributed by atoms with Gasteiger partial charge in [-0.2, -0.15) is 0 Å². The van der Waals surface area contributed by atoms with Crippen LogP contribution in [0.5, 0.6) is 5.75 Å². The third-order valence-electron chi connectivity index (χ3n) is 3.41. The van der Waals surface area contributed by atoms with E-state index in [0.29, 0.717) is 16.5 Å².